The van der Waals surface area contributed by atoms with Gasteiger partial charge in [0.1, 0.15) is 17.7 Å². The summed E-state index contributed by atoms with van der Waals surface area (Å²) in [4.78, 5) is 11.1. The molecule has 1 fully saturated rings. The number of ether oxygens (including phenoxy) is 2. The Labute approximate surface area is 195 Å². The van der Waals surface area contributed by atoms with Crippen LogP contribution >= 0.6 is 0 Å². The summed E-state index contributed by atoms with van der Waals surface area (Å²) in [7, 11) is 0. The van der Waals surface area contributed by atoms with Crippen molar-refractivity contribution in [3.05, 3.63) is 61.2 Å². The Kier molecular flexibility index (Phi) is 4.99. The minimum Gasteiger partial charge on any atom is -0.492 e. The average molecular weight is 457 g/mol. The second kappa shape index (κ2) is 8.31. The summed E-state index contributed by atoms with van der Waals surface area (Å²) >= 11 is 0. The van der Waals surface area contributed by atoms with Gasteiger partial charge in [-0.1, -0.05) is 6.07 Å². The lowest BCUT2D eigenvalue weighted by atomic mass is 10.1. The molecule has 0 saturated carbocycles. The summed E-state index contributed by atoms with van der Waals surface area (Å²) in [6, 6.07) is 11.6. The molecule has 1 saturated heterocycles. The standard InChI is InChI=1S/C24H24N8O2/c1-2-33-16-9-17(23-18-11-28-29-24(18)30-32(23)12-16)15-6-7-21(27-10-15)31-13-19(25)20(14-31)34-22-5-3-4-8-26-22/h3-12,19-20H,2,13-14,25H2,1H3,(H,29,30)/t19-,20-/m1/s1. The van der Waals surface area contributed by atoms with E-state index in [1.165, 1.54) is 0 Å². The van der Waals surface area contributed by atoms with Crippen molar-refractivity contribution in [2.45, 2.75) is 19.1 Å². The maximum absolute atomic E-state index is 6.36. The summed E-state index contributed by atoms with van der Waals surface area (Å²) in [5.41, 5.74) is 9.97. The molecule has 172 valence electrons. The summed E-state index contributed by atoms with van der Waals surface area (Å²) < 4.78 is 13.6. The molecule has 0 bridgehead atoms. The van der Waals surface area contributed by atoms with E-state index in [9.17, 15) is 0 Å². The van der Waals surface area contributed by atoms with E-state index in [2.05, 4.69) is 31.2 Å². The molecule has 10 heteroatoms. The number of fused-ring (bicyclic) bond motifs is 3. The average Bonchev–Trinajstić information content (AvgIpc) is 3.55. The van der Waals surface area contributed by atoms with Crippen LogP contribution in [0.15, 0.2) is 61.2 Å². The maximum atomic E-state index is 6.36. The van der Waals surface area contributed by atoms with E-state index in [4.69, 9.17) is 20.2 Å². The van der Waals surface area contributed by atoms with Crippen LogP contribution in [0.5, 0.6) is 11.6 Å². The molecule has 34 heavy (non-hydrogen) atoms. The first kappa shape index (κ1) is 20.4. The molecule has 0 aliphatic carbocycles. The smallest absolute Gasteiger partial charge is 0.213 e. The Balaban J connectivity index is 1.29. The number of nitrogens with two attached hydrogens (primary N) is 1. The van der Waals surface area contributed by atoms with Gasteiger partial charge in [-0.25, -0.2) is 14.5 Å². The molecular weight excluding hydrogens is 432 g/mol. The molecular formula is C24H24N8O2. The topological polar surface area (TPSA) is 119 Å². The fourth-order valence-corrected chi connectivity index (χ4v) is 4.42. The number of rotatable bonds is 6. The van der Waals surface area contributed by atoms with Crippen LogP contribution in [-0.4, -0.2) is 61.6 Å². The van der Waals surface area contributed by atoms with Crippen molar-refractivity contribution < 1.29 is 9.47 Å². The monoisotopic (exact) mass is 456 g/mol. The fourth-order valence-electron chi connectivity index (χ4n) is 4.42. The maximum Gasteiger partial charge on any atom is 0.213 e. The molecule has 6 heterocycles. The Hall–Kier alpha value is -4.18. The molecule has 0 aromatic carbocycles. The van der Waals surface area contributed by atoms with Gasteiger partial charge in [0.25, 0.3) is 0 Å². The molecule has 2 atom stereocenters. The largest absolute Gasteiger partial charge is 0.492 e. The second-order valence-electron chi connectivity index (χ2n) is 8.25. The third-order valence-corrected chi connectivity index (χ3v) is 6.02. The first-order valence-corrected chi connectivity index (χ1v) is 11.2. The van der Waals surface area contributed by atoms with E-state index < -0.39 is 0 Å². The molecule has 5 aromatic heterocycles. The predicted molar refractivity (Wildman–Crippen MR) is 128 cm³/mol. The van der Waals surface area contributed by atoms with Crippen LogP contribution in [-0.2, 0) is 0 Å². The number of nitrogens with one attached hydrogen (secondary N) is 1. The van der Waals surface area contributed by atoms with E-state index in [0.717, 1.165) is 39.2 Å². The first-order chi connectivity index (χ1) is 16.7. The van der Waals surface area contributed by atoms with E-state index in [1.807, 2.05) is 54.2 Å². The quantitative estimate of drug-likeness (QED) is 0.400. The van der Waals surface area contributed by atoms with Crippen LogP contribution in [0.2, 0.25) is 0 Å². The van der Waals surface area contributed by atoms with Crippen molar-refractivity contribution in [3.63, 3.8) is 0 Å². The van der Waals surface area contributed by atoms with E-state index in [-0.39, 0.29) is 12.1 Å². The number of pyridine rings is 3. The number of hydrogen-bond donors (Lipinski definition) is 2. The van der Waals surface area contributed by atoms with Crippen molar-refractivity contribution in [3.8, 4) is 22.8 Å². The molecule has 0 unspecified atom stereocenters. The van der Waals surface area contributed by atoms with Gasteiger partial charge in [0, 0.05) is 36.1 Å². The van der Waals surface area contributed by atoms with Crippen LogP contribution in [0.3, 0.4) is 0 Å². The zero-order chi connectivity index (χ0) is 23.1. The second-order valence-corrected chi connectivity index (χ2v) is 8.25. The highest BCUT2D eigenvalue weighted by atomic mass is 16.5. The van der Waals surface area contributed by atoms with Crippen molar-refractivity contribution in [1.29, 1.82) is 0 Å². The van der Waals surface area contributed by atoms with Crippen molar-refractivity contribution in [2.75, 3.05) is 24.6 Å². The highest BCUT2D eigenvalue weighted by Crippen LogP contribution is 2.33. The highest BCUT2D eigenvalue weighted by molar-refractivity contribution is 6.00. The summed E-state index contributed by atoms with van der Waals surface area (Å²) in [6.07, 6.45) is 7.10. The normalized spacial score (nSPS) is 18.1. The first-order valence-electron chi connectivity index (χ1n) is 11.2. The van der Waals surface area contributed by atoms with Crippen LogP contribution in [0.4, 0.5) is 5.82 Å². The van der Waals surface area contributed by atoms with Gasteiger partial charge in [0.2, 0.25) is 5.88 Å². The molecule has 0 radical (unpaired) electrons. The molecule has 1 aliphatic rings. The Morgan fingerprint density at radius 3 is 2.88 bits per heavy atom. The zero-order valence-electron chi connectivity index (χ0n) is 18.6. The van der Waals surface area contributed by atoms with Gasteiger partial charge in [0.05, 0.1) is 42.5 Å². The predicted octanol–water partition coefficient (Wildman–Crippen LogP) is 2.66. The van der Waals surface area contributed by atoms with Crippen LogP contribution in [0.25, 0.3) is 27.7 Å². The van der Waals surface area contributed by atoms with Crippen LogP contribution in [0, 0.1) is 0 Å². The molecule has 3 N–H and O–H groups in total. The van der Waals surface area contributed by atoms with E-state index in [0.29, 0.717) is 25.6 Å². The number of hydrogen-bond acceptors (Lipinski definition) is 8. The number of nitrogens with zero attached hydrogens (tertiary/aromatic N) is 6. The van der Waals surface area contributed by atoms with Gasteiger partial charge < -0.3 is 20.1 Å². The lowest BCUT2D eigenvalue weighted by Crippen LogP contribution is -2.37. The van der Waals surface area contributed by atoms with Crippen molar-refractivity contribution in [2.24, 2.45) is 5.73 Å². The lowest BCUT2D eigenvalue weighted by Gasteiger charge is -2.18. The molecule has 5 aromatic rings. The van der Waals surface area contributed by atoms with E-state index >= 15 is 0 Å². The number of anilines is 1. The van der Waals surface area contributed by atoms with Crippen molar-refractivity contribution in [1.82, 2.24) is 29.8 Å². The summed E-state index contributed by atoms with van der Waals surface area (Å²) in [6.45, 7) is 3.83. The number of aromatic amines is 1. The zero-order valence-corrected chi connectivity index (χ0v) is 18.6. The molecule has 10 nitrogen and oxygen atoms in total. The third kappa shape index (κ3) is 3.57. The summed E-state index contributed by atoms with van der Waals surface area (Å²) in [5, 5.41) is 12.6. The van der Waals surface area contributed by atoms with Crippen molar-refractivity contribution >= 4 is 22.4 Å². The van der Waals surface area contributed by atoms with E-state index in [1.54, 1.807) is 12.4 Å². The van der Waals surface area contributed by atoms with Gasteiger partial charge in [0.15, 0.2) is 5.65 Å². The van der Waals surface area contributed by atoms with Gasteiger partial charge in [-0.2, -0.15) is 5.10 Å². The Morgan fingerprint density at radius 2 is 2.09 bits per heavy atom. The van der Waals surface area contributed by atoms with Gasteiger partial charge in [-0.3, -0.25) is 5.10 Å². The Bertz CT molecular complexity index is 1430. The number of H-pyrrole nitrogens is 1. The minimum absolute atomic E-state index is 0.132. The van der Waals surface area contributed by atoms with Gasteiger partial charge in [-0.05, 0) is 31.2 Å². The van der Waals surface area contributed by atoms with Gasteiger partial charge in [-0.15, -0.1) is 5.10 Å². The van der Waals surface area contributed by atoms with Crippen LogP contribution < -0.4 is 20.1 Å². The summed E-state index contributed by atoms with van der Waals surface area (Å²) in [5.74, 6) is 2.18. The third-order valence-electron chi connectivity index (χ3n) is 6.02. The fraction of sp³-hybridized carbons (Fsp3) is 0.250. The highest BCUT2D eigenvalue weighted by Gasteiger charge is 2.33. The Morgan fingerprint density at radius 1 is 1.15 bits per heavy atom. The number of aromatic nitrogens is 6. The molecule has 6 rings (SSSR count). The lowest BCUT2D eigenvalue weighted by molar-refractivity contribution is 0.198. The van der Waals surface area contributed by atoms with Crippen LogP contribution in [0.1, 0.15) is 6.92 Å². The SMILES string of the molecule is CCOc1cc(-c2ccc(N3C[C@@H](N)[C@H](Oc4ccccn4)C3)nc2)c2c3cn[nH]c3nn2c1. The molecule has 1 aliphatic heterocycles. The minimum atomic E-state index is -0.153. The molecule has 0 spiro atoms. The molecule has 0 amide bonds. The van der Waals surface area contributed by atoms with Gasteiger partial charge >= 0.3 is 0 Å².